The van der Waals surface area contributed by atoms with Gasteiger partial charge in [0.1, 0.15) is 20.9 Å². The third-order valence-electron chi connectivity index (χ3n) is 3.43. The van der Waals surface area contributed by atoms with Gasteiger partial charge in [0, 0.05) is 32.8 Å². The monoisotopic (exact) mass is 445 g/mol. The van der Waals surface area contributed by atoms with Gasteiger partial charge in [0.2, 0.25) is 0 Å². The van der Waals surface area contributed by atoms with Gasteiger partial charge in [-0.15, -0.1) is 17.9 Å². The molecule has 1 N–H and O–H groups in total. The number of nitrogens with zero attached hydrogens (tertiary/aromatic N) is 2. The third kappa shape index (κ3) is 10.3. The fourth-order valence-electron chi connectivity index (χ4n) is 2.10. The Bertz CT molecular complexity index is 718. The first-order chi connectivity index (χ1) is 15.1. The van der Waals surface area contributed by atoms with E-state index in [1.54, 1.807) is 0 Å². The zero-order valence-electron chi connectivity index (χ0n) is 18.0. The van der Waals surface area contributed by atoms with Gasteiger partial charge in [-0.25, -0.2) is 9.59 Å². The van der Waals surface area contributed by atoms with Crippen molar-refractivity contribution in [3.8, 4) is 12.8 Å². The van der Waals surface area contributed by atoms with E-state index in [2.05, 4.69) is 16.0 Å². The van der Waals surface area contributed by atoms with Gasteiger partial charge in [0.05, 0.1) is 6.42 Å². The van der Waals surface area contributed by atoms with E-state index < -0.39 is 41.7 Å². The maximum Gasteiger partial charge on any atom is 0.336 e. The second-order valence-electron chi connectivity index (χ2n) is 5.90. The van der Waals surface area contributed by atoms with E-state index in [-0.39, 0.29) is 50.6 Å². The number of hydroxylamine groups is 4. The van der Waals surface area contributed by atoms with Gasteiger partial charge in [-0.1, -0.05) is 0 Å². The first-order valence-corrected chi connectivity index (χ1v) is 8.82. The predicted octanol–water partition coefficient (Wildman–Crippen LogP) is -0.690. The first kappa shape index (κ1) is 25.7. The average molecular weight is 445 g/mol. The Balaban J connectivity index is 0.000000717. The molecule has 2 rings (SSSR count). The van der Waals surface area contributed by atoms with Gasteiger partial charge >= 0.3 is 11.9 Å². The maximum absolute atomic E-state index is 11.5. The fraction of sp³-hybridized carbons (Fsp3) is 0.556. The molecule has 1 unspecified atom stereocenters. The van der Waals surface area contributed by atoms with Crippen molar-refractivity contribution in [1.82, 2.24) is 10.1 Å². The standard InChI is InChI=1S/C12H17NO8.C4H5NO3.C2H2/c1-8(20-12(17)6-19-7-18-2)5-11(16)21-13-9(14)3-4-10(13)15;6-3-1-2-4(7)5(3)8;1-2/h8H,3-7H2,1-2H3;8H,1-2H2;1-2H/i;;1D. The van der Waals surface area contributed by atoms with Gasteiger partial charge in [-0.3, -0.25) is 24.4 Å². The number of imide groups is 2. The van der Waals surface area contributed by atoms with Crippen LogP contribution in [0.25, 0.3) is 0 Å². The van der Waals surface area contributed by atoms with Crippen LogP contribution in [-0.2, 0) is 47.8 Å². The second kappa shape index (κ2) is 14.6. The molecule has 0 bridgehead atoms. The number of amides is 4. The zero-order valence-corrected chi connectivity index (χ0v) is 17.0. The molecule has 0 aromatic rings. The molecule has 172 valence electrons. The molecule has 0 spiro atoms. The molecule has 0 aromatic heterocycles. The van der Waals surface area contributed by atoms with E-state index in [1.807, 2.05) is 0 Å². The molecule has 0 radical (unpaired) electrons. The van der Waals surface area contributed by atoms with E-state index in [0.717, 1.165) is 0 Å². The average Bonchev–Trinajstić information content (AvgIpc) is 3.19. The molecular weight excluding hydrogens is 420 g/mol. The summed E-state index contributed by atoms with van der Waals surface area (Å²) in [5, 5.41) is 9.01. The Hall–Kier alpha value is -3.34. The molecule has 1 atom stereocenters. The lowest BCUT2D eigenvalue weighted by Gasteiger charge is -2.15. The van der Waals surface area contributed by atoms with Crippen LogP contribution in [0.1, 0.15) is 40.4 Å². The van der Waals surface area contributed by atoms with Crippen molar-refractivity contribution in [2.24, 2.45) is 0 Å². The van der Waals surface area contributed by atoms with E-state index in [0.29, 0.717) is 5.06 Å². The Morgan fingerprint density at radius 1 is 1.06 bits per heavy atom. The van der Waals surface area contributed by atoms with Gasteiger partial charge in [0.15, 0.2) is 0 Å². The van der Waals surface area contributed by atoms with Crippen LogP contribution in [0.2, 0.25) is 0 Å². The van der Waals surface area contributed by atoms with Gasteiger partial charge in [0.25, 0.3) is 23.6 Å². The SMILES string of the molecule is COCOCC(=O)OC(C)CC(=O)ON1C(=O)CCC1=O.O=C1CCC(=O)N1O.[2H]C#C. The summed E-state index contributed by atoms with van der Waals surface area (Å²) in [5.41, 5.74) is 0. The highest BCUT2D eigenvalue weighted by Crippen LogP contribution is 2.13. The van der Waals surface area contributed by atoms with Crippen LogP contribution in [0.15, 0.2) is 0 Å². The summed E-state index contributed by atoms with van der Waals surface area (Å²) in [4.78, 5) is 70.4. The van der Waals surface area contributed by atoms with E-state index in [1.165, 1.54) is 20.4 Å². The van der Waals surface area contributed by atoms with Crippen molar-refractivity contribution in [1.29, 1.82) is 0 Å². The Morgan fingerprint density at radius 2 is 1.55 bits per heavy atom. The highest BCUT2D eigenvalue weighted by Gasteiger charge is 2.33. The molecule has 13 nitrogen and oxygen atoms in total. The number of terminal acetylenes is 1. The molecule has 31 heavy (non-hydrogen) atoms. The zero-order chi connectivity index (χ0) is 24.7. The van der Waals surface area contributed by atoms with Crippen LogP contribution < -0.4 is 0 Å². The summed E-state index contributed by atoms with van der Waals surface area (Å²) in [7, 11) is 1.41. The van der Waals surface area contributed by atoms with Crippen molar-refractivity contribution in [3.63, 3.8) is 0 Å². The molecule has 2 aliphatic rings. The molecule has 2 aliphatic heterocycles. The van der Waals surface area contributed by atoms with E-state index >= 15 is 0 Å². The van der Waals surface area contributed by atoms with Crippen molar-refractivity contribution >= 4 is 35.6 Å². The topological polar surface area (TPSA) is 166 Å². The molecule has 0 aliphatic carbocycles. The lowest BCUT2D eigenvalue weighted by molar-refractivity contribution is -0.199. The first-order valence-electron chi connectivity index (χ1n) is 9.32. The summed E-state index contributed by atoms with van der Waals surface area (Å²) in [6.45, 7) is 1.12. The smallest absolute Gasteiger partial charge is 0.336 e. The Morgan fingerprint density at radius 3 is 1.97 bits per heavy atom. The van der Waals surface area contributed by atoms with Crippen molar-refractivity contribution < 1.29 is 54.4 Å². The Kier molecular flexibility index (Phi) is 12.1. The van der Waals surface area contributed by atoms with Crippen LogP contribution in [0.3, 0.4) is 0 Å². The summed E-state index contributed by atoms with van der Waals surface area (Å²) in [6.07, 6.45) is 5.04. The molecule has 2 heterocycles. The summed E-state index contributed by atoms with van der Waals surface area (Å²) in [6, 6.07) is 0. The Labute approximate surface area is 179 Å². The largest absolute Gasteiger partial charge is 0.460 e. The highest BCUT2D eigenvalue weighted by atomic mass is 16.7. The summed E-state index contributed by atoms with van der Waals surface area (Å²) >= 11 is 0. The van der Waals surface area contributed by atoms with Crippen LogP contribution in [0, 0.1) is 12.8 Å². The lowest BCUT2D eigenvalue weighted by Crippen LogP contribution is -2.33. The number of esters is 1. The van der Waals surface area contributed by atoms with Crippen LogP contribution in [0.4, 0.5) is 0 Å². The van der Waals surface area contributed by atoms with Gasteiger partial charge in [-0.2, -0.15) is 5.06 Å². The van der Waals surface area contributed by atoms with Crippen LogP contribution >= 0.6 is 0 Å². The number of ether oxygens (including phenoxy) is 3. The molecule has 2 saturated heterocycles. The number of hydrogen-bond acceptors (Lipinski definition) is 11. The van der Waals surface area contributed by atoms with Crippen molar-refractivity contribution in [2.45, 2.75) is 45.1 Å². The lowest BCUT2D eigenvalue weighted by atomic mass is 10.3. The minimum atomic E-state index is -0.836. The molecule has 0 saturated carbocycles. The molecule has 0 aromatic carbocycles. The van der Waals surface area contributed by atoms with E-state index in [9.17, 15) is 28.8 Å². The van der Waals surface area contributed by atoms with Crippen molar-refractivity contribution in [2.75, 3.05) is 20.5 Å². The van der Waals surface area contributed by atoms with E-state index in [4.69, 9.17) is 16.1 Å². The molecular formula is C18H24N2O11. The number of hydrogen-bond donors (Lipinski definition) is 1. The number of carbonyl (C=O) groups is 6. The summed E-state index contributed by atoms with van der Waals surface area (Å²) < 4.78 is 20.0. The normalized spacial score (nSPS) is 16.4. The molecule has 2 fully saturated rings. The quantitative estimate of drug-likeness (QED) is 0.125. The fourth-order valence-corrected chi connectivity index (χ4v) is 2.10. The van der Waals surface area contributed by atoms with Gasteiger partial charge in [-0.05, 0) is 6.92 Å². The molecule has 13 heteroatoms. The van der Waals surface area contributed by atoms with Crippen LogP contribution in [-0.4, -0.2) is 77.5 Å². The second-order valence-corrected chi connectivity index (χ2v) is 5.90. The summed E-state index contributed by atoms with van der Waals surface area (Å²) in [5.74, 6) is -3.64. The minimum absolute atomic E-state index is 0.0213. The number of methoxy groups -OCH3 is 1. The minimum Gasteiger partial charge on any atom is -0.460 e. The third-order valence-corrected chi connectivity index (χ3v) is 3.43. The number of rotatable bonds is 8. The number of carbonyl (C=O) groups excluding carboxylic acids is 6. The van der Waals surface area contributed by atoms with Crippen LogP contribution in [0.5, 0.6) is 0 Å². The molecule has 4 amide bonds. The van der Waals surface area contributed by atoms with Crippen molar-refractivity contribution in [3.05, 3.63) is 0 Å². The highest BCUT2D eigenvalue weighted by molar-refractivity contribution is 6.01. The maximum atomic E-state index is 11.5. The predicted molar refractivity (Wildman–Crippen MR) is 97.9 cm³/mol. The van der Waals surface area contributed by atoms with Gasteiger partial charge < -0.3 is 19.0 Å².